The van der Waals surface area contributed by atoms with Gasteiger partial charge in [0.25, 0.3) is 15.9 Å². The number of amides is 1. The van der Waals surface area contributed by atoms with Crippen molar-refractivity contribution in [1.82, 2.24) is 5.32 Å². The fourth-order valence-corrected chi connectivity index (χ4v) is 8.22. The van der Waals surface area contributed by atoms with Crippen LogP contribution in [0.2, 0.25) is 5.02 Å². The molecule has 0 radical (unpaired) electrons. The van der Waals surface area contributed by atoms with Crippen molar-refractivity contribution in [2.75, 3.05) is 4.31 Å². The summed E-state index contributed by atoms with van der Waals surface area (Å²) in [6.45, 7) is 1.84. The first kappa shape index (κ1) is 34.6. The van der Waals surface area contributed by atoms with Crippen molar-refractivity contribution in [3.8, 4) is 22.3 Å². The molecule has 0 aliphatic carbocycles. The zero-order valence-electron chi connectivity index (χ0n) is 27.0. The highest BCUT2D eigenvalue weighted by atomic mass is 35.5. The third kappa shape index (κ3) is 7.81. The molecule has 0 aliphatic heterocycles. The first-order valence-corrected chi connectivity index (χ1v) is 18.5. The fourth-order valence-electron chi connectivity index (χ4n) is 5.62. The smallest absolute Gasteiger partial charge is 0.326 e. The molecule has 0 fully saturated rings. The minimum absolute atomic E-state index is 0.0101. The molecule has 1 heterocycles. The van der Waals surface area contributed by atoms with Crippen LogP contribution in [0.5, 0.6) is 0 Å². The summed E-state index contributed by atoms with van der Waals surface area (Å²) in [5.41, 5.74) is 5.42. The van der Waals surface area contributed by atoms with Gasteiger partial charge in [-0.15, -0.1) is 11.3 Å². The van der Waals surface area contributed by atoms with Gasteiger partial charge in [-0.3, -0.25) is 9.10 Å². The van der Waals surface area contributed by atoms with Crippen LogP contribution in [-0.4, -0.2) is 31.4 Å². The third-order valence-corrected chi connectivity index (χ3v) is 11.4. The Labute approximate surface area is 300 Å². The van der Waals surface area contributed by atoms with Crippen LogP contribution < -0.4 is 9.62 Å². The molecule has 1 aromatic heterocycles. The summed E-state index contributed by atoms with van der Waals surface area (Å²) in [7, 11) is -4.23. The Morgan fingerprint density at radius 1 is 0.780 bits per heavy atom. The molecular formula is C40H33ClN2O5S2. The number of carboxylic acid groups (broad SMARTS) is 1. The van der Waals surface area contributed by atoms with E-state index in [1.165, 1.54) is 33.8 Å². The van der Waals surface area contributed by atoms with E-state index in [1.54, 1.807) is 24.3 Å². The Bertz CT molecular complexity index is 2220. The maximum absolute atomic E-state index is 14.5. The van der Waals surface area contributed by atoms with E-state index in [2.05, 4.69) is 5.32 Å². The van der Waals surface area contributed by atoms with Gasteiger partial charge in [-0.1, -0.05) is 109 Å². The minimum atomic E-state index is -4.23. The molecule has 50 heavy (non-hydrogen) atoms. The van der Waals surface area contributed by atoms with Crippen molar-refractivity contribution >= 4 is 50.5 Å². The topological polar surface area (TPSA) is 104 Å². The number of carbonyl (C=O) groups excluding carboxylic acids is 1. The molecule has 6 rings (SSSR count). The van der Waals surface area contributed by atoms with Crippen LogP contribution in [0.1, 0.15) is 26.4 Å². The molecule has 1 unspecified atom stereocenters. The zero-order valence-corrected chi connectivity index (χ0v) is 29.4. The van der Waals surface area contributed by atoms with Crippen LogP contribution in [0.15, 0.2) is 144 Å². The van der Waals surface area contributed by atoms with E-state index in [4.69, 9.17) is 11.6 Å². The first-order chi connectivity index (χ1) is 24.1. The molecule has 1 amide bonds. The van der Waals surface area contributed by atoms with Gasteiger partial charge in [0, 0.05) is 16.3 Å². The number of nitrogens with one attached hydrogen (secondary N) is 1. The van der Waals surface area contributed by atoms with E-state index in [9.17, 15) is 23.1 Å². The number of rotatable bonds is 12. The molecule has 0 spiro atoms. The summed E-state index contributed by atoms with van der Waals surface area (Å²) in [5.74, 6) is -2.00. The summed E-state index contributed by atoms with van der Waals surface area (Å²) in [6, 6.07) is 38.4. The number of anilines is 1. The molecule has 2 N–H and O–H groups in total. The molecule has 252 valence electrons. The van der Waals surface area contributed by atoms with Crippen LogP contribution in [0.4, 0.5) is 5.69 Å². The lowest BCUT2D eigenvalue weighted by molar-refractivity contribution is -0.139. The molecule has 10 heteroatoms. The van der Waals surface area contributed by atoms with Crippen molar-refractivity contribution in [2.45, 2.75) is 30.8 Å². The molecule has 6 aromatic rings. The maximum atomic E-state index is 14.5. The Morgan fingerprint density at radius 2 is 1.34 bits per heavy atom. The number of aliphatic carboxylic acids is 1. The van der Waals surface area contributed by atoms with Gasteiger partial charge in [0.05, 0.1) is 22.7 Å². The summed E-state index contributed by atoms with van der Waals surface area (Å²) < 4.78 is 30.1. The molecular weight excluding hydrogens is 688 g/mol. The number of hydrogen-bond acceptors (Lipinski definition) is 5. The molecule has 0 saturated carbocycles. The second kappa shape index (κ2) is 15.1. The van der Waals surface area contributed by atoms with E-state index in [0.717, 1.165) is 32.7 Å². The quantitative estimate of drug-likeness (QED) is 0.132. The lowest BCUT2D eigenvalue weighted by atomic mass is 10.0. The second-order valence-corrected chi connectivity index (χ2v) is 15.0. The highest BCUT2D eigenvalue weighted by Crippen LogP contribution is 2.34. The number of thiophene rings is 1. The lowest BCUT2D eigenvalue weighted by Crippen LogP contribution is -2.43. The van der Waals surface area contributed by atoms with Crippen LogP contribution in [0.25, 0.3) is 22.3 Å². The van der Waals surface area contributed by atoms with Crippen molar-refractivity contribution in [3.05, 3.63) is 165 Å². The van der Waals surface area contributed by atoms with Gasteiger partial charge in [-0.2, -0.15) is 0 Å². The van der Waals surface area contributed by atoms with E-state index in [1.807, 2.05) is 103 Å². The van der Waals surface area contributed by atoms with Crippen molar-refractivity contribution in [1.29, 1.82) is 0 Å². The van der Waals surface area contributed by atoms with Gasteiger partial charge >= 0.3 is 5.97 Å². The van der Waals surface area contributed by atoms with Crippen molar-refractivity contribution in [2.24, 2.45) is 0 Å². The second-order valence-electron chi connectivity index (χ2n) is 11.7. The normalized spacial score (nSPS) is 11.9. The van der Waals surface area contributed by atoms with Crippen LogP contribution in [0, 0.1) is 6.92 Å². The summed E-state index contributed by atoms with van der Waals surface area (Å²) >= 11 is 7.78. The van der Waals surface area contributed by atoms with Gasteiger partial charge in [-0.25, -0.2) is 13.2 Å². The molecule has 5 aromatic carbocycles. The SMILES string of the molecule is Cc1ccsc1CN(c1ccc(Cl)cc1C(=O)NC(Cc1ccc(-c2ccccc2)cc1)C(=O)O)S(=O)(=O)c1ccc(-c2ccccc2)cc1. The molecule has 0 saturated heterocycles. The van der Waals surface area contributed by atoms with Gasteiger partial charge in [0.2, 0.25) is 0 Å². The lowest BCUT2D eigenvalue weighted by Gasteiger charge is -2.27. The first-order valence-electron chi connectivity index (χ1n) is 15.8. The largest absolute Gasteiger partial charge is 0.480 e. The highest BCUT2D eigenvalue weighted by Gasteiger charge is 2.31. The average Bonchev–Trinajstić information content (AvgIpc) is 3.55. The summed E-state index contributed by atoms with van der Waals surface area (Å²) in [5, 5.41) is 14.8. The number of halogens is 1. The van der Waals surface area contributed by atoms with Gasteiger partial charge in [0.15, 0.2) is 0 Å². The van der Waals surface area contributed by atoms with Gasteiger partial charge < -0.3 is 10.4 Å². The number of carbonyl (C=O) groups is 2. The van der Waals surface area contributed by atoms with E-state index < -0.39 is 27.9 Å². The Balaban J connectivity index is 1.32. The number of carboxylic acids is 1. The Hall–Kier alpha value is -5.22. The van der Waals surface area contributed by atoms with E-state index >= 15 is 0 Å². The minimum Gasteiger partial charge on any atom is -0.480 e. The summed E-state index contributed by atoms with van der Waals surface area (Å²) in [6.07, 6.45) is 0.0101. The van der Waals surface area contributed by atoms with Crippen molar-refractivity contribution in [3.63, 3.8) is 0 Å². The predicted molar refractivity (Wildman–Crippen MR) is 200 cm³/mol. The Kier molecular flexibility index (Phi) is 10.5. The maximum Gasteiger partial charge on any atom is 0.326 e. The zero-order chi connectivity index (χ0) is 35.3. The fraction of sp³-hybridized carbons (Fsp3) is 0.100. The summed E-state index contributed by atoms with van der Waals surface area (Å²) in [4.78, 5) is 27.2. The molecule has 0 bridgehead atoms. The van der Waals surface area contributed by atoms with Crippen molar-refractivity contribution < 1.29 is 23.1 Å². The number of nitrogens with zero attached hydrogens (tertiary/aromatic N) is 1. The number of hydrogen-bond donors (Lipinski definition) is 2. The monoisotopic (exact) mass is 720 g/mol. The van der Waals surface area contributed by atoms with Crippen LogP contribution in [-0.2, 0) is 27.8 Å². The van der Waals surface area contributed by atoms with E-state index in [-0.39, 0.29) is 34.1 Å². The van der Waals surface area contributed by atoms with Crippen LogP contribution >= 0.6 is 22.9 Å². The van der Waals surface area contributed by atoms with E-state index in [0.29, 0.717) is 5.56 Å². The van der Waals surface area contributed by atoms with Gasteiger partial charge in [0.1, 0.15) is 6.04 Å². The standard InChI is InChI=1S/C40H33ClN2O5S2/c1-27-22-23-49-38(27)26-43(50(47,48)34-19-16-32(17-20-34)30-10-6-3-7-11-30)37-21-18-33(41)25-35(37)39(44)42-36(40(45)46)24-28-12-14-31(15-13-28)29-8-4-2-5-9-29/h2-23,25,36H,24,26H2,1H3,(H,42,44)(H,45,46). The number of benzene rings is 5. The molecule has 0 aliphatic rings. The van der Waals surface area contributed by atoms with Crippen LogP contribution in [0.3, 0.4) is 0 Å². The number of aryl methyl sites for hydroxylation is 1. The number of sulfonamides is 1. The third-order valence-electron chi connectivity index (χ3n) is 8.38. The Morgan fingerprint density at radius 3 is 1.88 bits per heavy atom. The average molecular weight is 721 g/mol. The highest BCUT2D eigenvalue weighted by molar-refractivity contribution is 7.92. The predicted octanol–water partition coefficient (Wildman–Crippen LogP) is 8.87. The molecule has 1 atom stereocenters. The van der Waals surface area contributed by atoms with Gasteiger partial charge in [-0.05, 0) is 82.1 Å². The molecule has 7 nitrogen and oxygen atoms in total.